The number of anilines is 2. The van der Waals surface area contributed by atoms with Gasteiger partial charge in [-0.3, -0.25) is 0 Å². The van der Waals surface area contributed by atoms with Crippen molar-refractivity contribution in [3.8, 4) is 0 Å². The monoisotopic (exact) mass is 322 g/mol. The Morgan fingerprint density at radius 3 is 1.48 bits per heavy atom. The van der Waals surface area contributed by atoms with E-state index < -0.39 is 8.07 Å². The minimum Gasteiger partial charge on any atom is -0.371 e. The van der Waals surface area contributed by atoms with Crippen molar-refractivity contribution in [2.75, 3.05) is 36.0 Å². The summed E-state index contributed by atoms with van der Waals surface area (Å²) in [5, 5.41) is 3.09. The fraction of sp³-hybridized carbons (Fsp3) is 0.400. The van der Waals surface area contributed by atoms with E-state index in [0.29, 0.717) is 0 Å². The van der Waals surface area contributed by atoms with Crippen LogP contribution in [-0.4, -0.2) is 34.3 Å². The fourth-order valence-corrected chi connectivity index (χ4v) is 5.87. The van der Waals surface area contributed by atoms with Crippen molar-refractivity contribution in [2.45, 2.75) is 25.9 Å². The molecule has 0 unspecified atom stereocenters. The van der Waals surface area contributed by atoms with Gasteiger partial charge in [-0.15, -0.1) is 0 Å². The van der Waals surface area contributed by atoms with Gasteiger partial charge >= 0.3 is 0 Å². The van der Waals surface area contributed by atoms with Crippen LogP contribution in [0.25, 0.3) is 0 Å². The minimum absolute atomic E-state index is 1.22. The van der Waals surface area contributed by atoms with Gasteiger partial charge in [-0.25, -0.2) is 0 Å². The van der Waals surface area contributed by atoms with E-state index in [4.69, 9.17) is 0 Å². The molecule has 3 heteroatoms. The van der Waals surface area contributed by atoms with E-state index in [-0.39, 0.29) is 0 Å². The lowest BCUT2D eigenvalue weighted by Crippen LogP contribution is -2.53. The summed E-state index contributed by atoms with van der Waals surface area (Å²) in [6.45, 7) is 9.84. The standard InChI is InChI=1S/C20H26N2Si/c1-23(2,19-9-3-7-17(15-19)21-11-5-12-21)20-10-4-8-18(16-20)22-13-6-14-22/h3-4,7-10,15-16H,5-6,11-14H2,1-2H3. The highest BCUT2D eigenvalue weighted by Crippen LogP contribution is 2.22. The van der Waals surface area contributed by atoms with Crippen molar-refractivity contribution in [1.29, 1.82) is 0 Å². The molecule has 0 aromatic heterocycles. The van der Waals surface area contributed by atoms with Gasteiger partial charge in [0, 0.05) is 37.6 Å². The molecule has 2 saturated heterocycles. The normalized spacial score (nSPS) is 17.7. The Morgan fingerprint density at radius 2 is 1.13 bits per heavy atom. The predicted octanol–water partition coefficient (Wildman–Crippen LogP) is 2.93. The quantitative estimate of drug-likeness (QED) is 0.799. The van der Waals surface area contributed by atoms with E-state index in [0.717, 1.165) is 0 Å². The smallest absolute Gasteiger partial charge is 0.112 e. The molecule has 0 N–H and O–H groups in total. The highest BCUT2D eigenvalue weighted by Gasteiger charge is 2.28. The number of rotatable bonds is 4. The van der Waals surface area contributed by atoms with Crippen LogP contribution in [0.1, 0.15) is 12.8 Å². The molecule has 2 fully saturated rings. The van der Waals surface area contributed by atoms with Gasteiger partial charge in [-0.05, 0) is 37.1 Å². The van der Waals surface area contributed by atoms with Crippen molar-refractivity contribution in [1.82, 2.24) is 0 Å². The second kappa shape index (κ2) is 5.71. The van der Waals surface area contributed by atoms with Crippen LogP contribution in [0, 0.1) is 0 Å². The number of hydrogen-bond acceptors (Lipinski definition) is 2. The predicted molar refractivity (Wildman–Crippen MR) is 103 cm³/mol. The third kappa shape index (κ3) is 2.67. The van der Waals surface area contributed by atoms with Crippen LogP contribution in [-0.2, 0) is 0 Å². The Morgan fingerprint density at radius 1 is 0.696 bits per heavy atom. The van der Waals surface area contributed by atoms with Gasteiger partial charge in [-0.1, -0.05) is 47.7 Å². The lowest BCUT2D eigenvalue weighted by Gasteiger charge is -2.35. The largest absolute Gasteiger partial charge is 0.371 e. The second-order valence-electron chi connectivity index (χ2n) is 7.41. The van der Waals surface area contributed by atoms with Gasteiger partial charge in [0.15, 0.2) is 0 Å². The number of hydrogen-bond donors (Lipinski definition) is 0. The van der Waals surface area contributed by atoms with Gasteiger partial charge in [-0.2, -0.15) is 0 Å². The molecule has 4 rings (SSSR count). The molecule has 0 radical (unpaired) electrons. The third-order valence-electron chi connectivity index (χ3n) is 5.58. The van der Waals surface area contributed by atoms with Crippen LogP contribution in [0.5, 0.6) is 0 Å². The van der Waals surface area contributed by atoms with Crippen molar-refractivity contribution in [3.63, 3.8) is 0 Å². The van der Waals surface area contributed by atoms with Crippen LogP contribution in [0.2, 0.25) is 13.1 Å². The lowest BCUT2D eigenvalue weighted by molar-refractivity contribution is 0.618. The summed E-state index contributed by atoms with van der Waals surface area (Å²) in [5.74, 6) is 0. The molecular weight excluding hydrogens is 296 g/mol. The van der Waals surface area contributed by atoms with Crippen LogP contribution >= 0.6 is 0 Å². The van der Waals surface area contributed by atoms with Gasteiger partial charge < -0.3 is 9.80 Å². The molecule has 2 nitrogen and oxygen atoms in total. The van der Waals surface area contributed by atoms with E-state index in [2.05, 4.69) is 71.4 Å². The van der Waals surface area contributed by atoms with Gasteiger partial charge in [0.2, 0.25) is 0 Å². The molecule has 23 heavy (non-hydrogen) atoms. The summed E-state index contributed by atoms with van der Waals surface area (Å²) in [5.41, 5.74) is 2.82. The molecule has 0 spiro atoms. The summed E-state index contributed by atoms with van der Waals surface area (Å²) in [4.78, 5) is 4.98. The Kier molecular flexibility index (Phi) is 3.68. The Bertz CT molecular complexity index is 643. The molecule has 2 aliphatic rings. The first-order chi connectivity index (χ1) is 11.1. The molecule has 2 heterocycles. The Balaban J connectivity index is 1.66. The van der Waals surface area contributed by atoms with E-state index in [1.807, 2.05) is 0 Å². The highest BCUT2D eigenvalue weighted by molar-refractivity contribution is 7.00. The maximum absolute atomic E-state index is 2.49. The second-order valence-corrected chi connectivity index (χ2v) is 11.8. The summed E-state index contributed by atoms with van der Waals surface area (Å²) in [6, 6.07) is 18.6. The first-order valence-electron chi connectivity index (χ1n) is 8.85. The highest BCUT2D eigenvalue weighted by atomic mass is 28.3. The van der Waals surface area contributed by atoms with Gasteiger partial charge in [0.05, 0.1) is 0 Å². The van der Waals surface area contributed by atoms with Crippen LogP contribution in [0.3, 0.4) is 0 Å². The number of nitrogens with zero attached hydrogens (tertiary/aromatic N) is 2. The van der Waals surface area contributed by atoms with Crippen LogP contribution in [0.15, 0.2) is 48.5 Å². The molecular formula is C20H26N2Si. The summed E-state index contributed by atoms with van der Waals surface area (Å²) < 4.78 is 0. The van der Waals surface area contributed by atoms with Crippen molar-refractivity contribution >= 4 is 29.8 Å². The van der Waals surface area contributed by atoms with E-state index >= 15 is 0 Å². The van der Waals surface area contributed by atoms with Gasteiger partial charge in [0.25, 0.3) is 0 Å². The first kappa shape index (κ1) is 14.8. The summed E-state index contributed by atoms with van der Waals surface area (Å²) >= 11 is 0. The molecule has 120 valence electrons. The first-order valence-corrected chi connectivity index (χ1v) is 11.9. The SMILES string of the molecule is C[Si](C)(c1cccc(N2CCC2)c1)c1cccc(N2CCC2)c1. The van der Waals surface area contributed by atoms with Crippen molar-refractivity contribution < 1.29 is 0 Å². The van der Waals surface area contributed by atoms with Crippen molar-refractivity contribution in [2.24, 2.45) is 0 Å². The topological polar surface area (TPSA) is 6.48 Å². The Labute approximate surface area is 140 Å². The zero-order valence-corrected chi connectivity index (χ0v) is 15.3. The Hall–Kier alpha value is -1.74. The van der Waals surface area contributed by atoms with Crippen LogP contribution < -0.4 is 20.2 Å². The summed E-state index contributed by atoms with van der Waals surface area (Å²) in [6.07, 6.45) is 2.67. The van der Waals surface area contributed by atoms with E-state index in [9.17, 15) is 0 Å². The maximum Gasteiger partial charge on any atom is 0.112 e. The van der Waals surface area contributed by atoms with E-state index in [1.165, 1.54) is 50.4 Å². The van der Waals surface area contributed by atoms with Crippen LogP contribution in [0.4, 0.5) is 11.4 Å². The fourth-order valence-electron chi connectivity index (χ4n) is 3.50. The molecule has 2 aliphatic heterocycles. The average Bonchev–Trinajstić information content (AvgIpc) is 2.44. The van der Waals surface area contributed by atoms with Crippen molar-refractivity contribution in [3.05, 3.63) is 48.5 Å². The maximum atomic E-state index is 2.49. The minimum atomic E-state index is -1.64. The average molecular weight is 323 g/mol. The molecule has 0 saturated carbocycles. The zero-order valence-electron chi connectivity index (χ0n) is 14.3. The molecule has 2 aromatic rings. The molecule has 0 bridgehead atoms. The summed E-state index contributed by atoms with van der Waals surface area (Å²) in [7, 11) is -1.64. The number of benzene rings is 2. The lowest BCUT2D eigenvalue weighted by atomic mass is 10.2. The molecule has 0 aliphatic carbocycles. The van der Waals surface area contributed by atoms with Gasteiger partial charge in [0.1, 0.15) is 8.07 Å². The molecule has 0 amide bonds. The molecule has 0 atom stereocenters. The molecule has 2 aromatic carbocycles. The third-order valence-corrected chi connectivity index (χ3v) is 9.09. The van der Waals surface area contributed by atoms with E-state index in [1.54, 1.807) is 10.4 Å². The zero-order chi connectivity index (χ0) is 15.9.